The molecule has 0 aliphatic heterocycles. The van der Waals surface area contributed by atoms with E-state index < -0.39 is 0 Å². The average molecular weight is 435 g/mol. The lowest BCUT2D eigenvalue weighted by atomic mass is 9.85. The monoisotopic (exact) mass is 435 g/mol. The third-order valence-electron chi connectivity index (χ3n) is 5.67. The molecule has 2 unspecified atom stereocenters. The fourth-order valence-electron chi connectivity index (χ4n) is 4.89. The van der Waals surface area contributed by atoms with Crippen LogP contribution < -0.4 is 5.32 Å². The number of nitrogens with one attached hydrogen (secondary N) is 1. The molecule has 0 spiro atoms. The highest BCUT2D eigenvalue weighted by molar-refractivity contribution is 14.1. The van der Waals surface area contributed by atoms with E-state index in [2.05, 4.69) is 65.1 Å². The highest BCUT2D eigenvalue weighted by Crippen LogP contribution is 2.61. The van der Waals surface area contributed by atoms with Crippen LogP contribution in [-0.4, -0.2) is 15.7 Å². The Balaban J connectivity index is 1.68. The van der Waals surface area contributed by atoms with Gasteiger partial charge >= 0.3 is 0 Å². The summed E-state index contributed by atoms with van der Waals surface area (Å²) in [5.41, 5.74) is 4.48. The quantitative estimate of drug-likeness (QED) is 0.721. The van der Waals surface area contributed by atoms with Crippen molar-refractivity contribution >= 4 is 34.2 Å². The van der Waals surface area contributed by atoms with E-state index >= 15 is 0 Å². The Morgan fingerprint density at radius 2 is 2.08 bits per heavy atom. The van der Waals surface area contributed by atoms with Gasteiger partial charge in [0.1, 0.15) is 3.70 Å². The first-order chi connectivity index (χ1) is 11.5. The van der Waals surface area contributed by atoms with Crippen LogP contribution >= 0.6 is 22.6 Å². The zero-order valence-corrected chi connectivity index (χ0v) is 16.4. The third kappa shape index (κ3) is 2.39. The van der Waals surface area contributed by atoms with Gasteiger partial charge in [0, 0.05) is 18.9 Å². The summed E-state index contributed by atoms with van der Waals surface area (Å²) < 4.78 is 2.42. The number of fused-ring (bicyclic) bond motifs is 5. The summed E-state index contributed by atoms with van der Waals surface area (Å²) in [6, 6.07) is 6.40. The minimum Gasteiger partial charge on any atom is -0.322 e. The second-order valence-electron chi connectivity index (χ2n) is 7.38. The summed E-state index contributed by atoms with van der Waals surface area (Å²) in [6.45, 7) is 4.66. The zero-order chi connectivity index (χ0) is 17.0. The molecule has 2 aromatic rings. The number of nitrogens with zero attached hydrogens (tertiary/aromatic N) is 2. The molecule has 3 atom stereocenters. The second kappa shape index (κ2) is 5.86. The van der Waals surface area contributed by atoms with Gasteiger partial charge in [-0.3, -0.25) is 9.48 Å². The van der Waals surface area contributed by atoms with Crippen molar-refractivity contribution in [2.24, 2.45) is 18.9 Å². The van der Waals surface area contributed by atoms with Crippen molar-refractivity contribution in [2.75, 3.05) is 5.32 Å². The lowest BCUT2D eigenvalue weighted by molar-refractivity contribution is 0.102. The van der Waals surface area contributed by atoms with Crippen LogP contribution in [0.1, 0.15) is 60.0 Å². The van der Waals surface area contributed by atoms with E-state index in [9.17, 15) is 4.79 Å². The lowest BCUT2D eigenvalue weighted by Crippen LogP contribution is -2.15. The van der Waals surface area contributed by atoms with E-state index in [-0.39, 0.29) is 5.91 Å². The van der Waals surface area contributed by atoms with Crippen molar-refractivity contribution in [3.05, 3.63) is 44.8 Å². The summed E-state index contributed by atoms with van der Waals surface area (Å²) in [6.07, 6.45) is 4.32. The molecule has 1 heterocycles. The van der Waals surface area contributed by atoms with Crippen LogP contribution in [-0.2, 0) is 7.05 Å². The Kier molecular flexibility index (Phi) is 3.94. The van der Waals surface area contributed by atoms with Crippen LogP contribution in [0, 0.1) is 15.5 Å². The molecule has 1 aromatic carbocycles. The molecule has 24 heavy (non-hydrogen) atoms. The van der Waals surface area contributed by atoms with Crippen molar-refractivity contribution < 1.29 is 4.79 Å². The summed E-state index contributed by atoms with van der Waals surface area (Å²) in [7, 11) is 1.84. The standard InChI is InChI=1S/C19H22IN3O/c1-10(2)16-12-7-8-13(16)17-11(12)5-4-6-15(17)21-19(24)14-9-23(3)22-18(14)20/h4-6,9-10,12-13,16H,7-8H2,1-3H3,(H,21,24)/t12-,13?,16?/m0/s1. The first-order valence-corrected chi connectivity index (χ1v) is 9.68. The number of aryl methyl sites for hydroxylation is 1. The van der Waals surface area contributed by atoms with Crippen LogP contribution in [0.25, 0.3) is 0 Å². The molecule has 1 fully saturated rings. The van der Waals surface area contributed by atoms with Gasteiger partial charge in [0.25, 0.3) is 5.91 Å². The van der Waals surface area contributed by atoms with E-state index in [0.29, 0.717) is 23.3 Å². The van der Waals surface area contributed by atoms with Gasteiger partial charge in [-0.05, 0) is 76.3 Å². The number of carbonyl (C=O) groups is 1. The van der Waals surface area contributed by atoms with Gasteiger partial charge < -0.3 is 5.32 Å². The molecule has 5 heteroatoms. The van der Waals surface area contributed by atoms with Gasteiger partial charge in [-0.2, -0.15) is 5.10 Å². The number of amides is 1. The molecule has 1 N–H and O–H groups in total. The predicted octanol–water partition coefficient (Wildman–Crippen LogP) is 4.52. The largest absolute Gasteiger partial charge is 0.322 e. The fourth-order valence-corrected chi connectivity index (χ4v) is 5.61. The topological polar surface area (TPSA) is 46.9 Å². The fraction of sp³-hybridized carbons (Fsp3) is 0.474. The molecular weight excluding hydrogens is 413 g/mol. The van der Waals surface area contributed by atoms with E-state index in [4.69, 9.17) is 0 Å². The molecule has 1 aromatic heterocycles. The molecule has 4 rings (SSSR count). The molecule has 2 bridgehead atoms. The summed E-state index contributed by atoms with van der Waals surface area (Å²) in [5.74, 6) is 2.59. The number of halogens is 1. The van der Waals surface area contributed by atoms with Crippen molar-refractivity contribution in [1.29, 1.82) is 0 Å². The van der Waals surface area contributed by atoms with Gasteiger partial charge in [0.15, 0.2) is 0 Å². The molecule has 126 valence electrons. The summed E-state index contributed by atoms with van der Waals surface area (Å²) >= 11 is 2.11. The number of hydrogen-bond acceptors (Lipinski definition) is 2. The molecular formula is C19H22IN3O. The maximum Gasteiger partial charge on any atom is 0.259 e. The van der Waals surface area contributed by atoms with E-state index in [0.717, 1.165) is 15.3 Å². The minimum atomic E-state index is -0.0650. The molecule has 1 amide bonds. The van der Waals surface area contributed by atoms with Crippen LogP contribution in [0.3, 0.4) is 0 Å². The van der Waals surface area contributed by atoms with E-state index in [1.807, 2.05) is 7.05 Å². The van der Waals surface area contributed by atoms with Crippen LogP contribution in [0.2, 0.25) is 0 Å². The minimum absolute atomic E-state index is 0.0650. The first kappa shape index (κ1) is 16.1. The van der Waals surface area contributed by atoms with E-state index in [1.54, 1.807) is 10.9 Å². The SMILES string of the molecule is CC(C)C1C2CC[C@H]1c1cccc(NC(=O)c3cn(C)nc3I)c12. The molecule has 2 aliphatic rings. The molecule has 4 nitrogen and oxygen atoms in total. The first-order valence-electron chi connectivity index (χ1n) is 8.60. The number of anilines is 1. The highest BCUT2D eigenvalue weighted by Gasteiger charge is 2.47. The van der Waals surface area contributed by atoms with Crippen molar-refractivity contribution in [2.45, 2.75) is 38.5 Å². The summed E-state index contributed by atoms with van der Waals surface area (Å²) in [4.78, 5) is 12.7. The highest BCUT2D eigenvalue weighted by atomic mass is 127. The Bertz CT molecular complexity index is 811. The number of rotatable bonds is 3. The molecule has 0 saturated heterocycles. The van der Waals surface area contributed by atoms with Crippen molar-refractivity contribution in [1.82, 2.24) is 9.78 Å². The molecule has 1 saturated carbocycles. The van der Waals surface area contributed by atoms with Crippen molar-refractivity contribution in [3.8, 4) is 0 Å². The normalized spacial score (nSPS) is 24.5. The van der Waals surface area contributed by atoms with Crippen LogP contribution in [0.4, 0.5) is 5.69 Å². The number of carbonyl (C=O) groups excluding carboxylic acids is 1. The van der Waals surface area contributed by atoms with Crippen LogP contribution in [0.15, 0.2) is 24.4 Å². The Morgan fingerprint density at radius 1 is 1.33 bits per heavy atom. The maximum atomic E-state index is 12.7. The summed E-state index contributed by atoms with van der Waals surface area (Å²) in [5, 5.41) is 7.42. The zero-order valence-electron chi connectivity index (χ0n) is 14.2. The molecule has 2 aliphatic carbocycles. The maximum absolute atomic E-state index is 12.7. The number of hydrogen-bond donors (Lipinski definition) is 1. The predicted molar refractivity (Wildman–Crippen MR) is 103 cm³/mol. The van der Waals surface area contributed by atoms with Gasteiger partial charge in [-0.15, -0.1) is 0 Å². The molecule has 0 radical (unpaired) electrons. The van der Waals surface area contributed by atoms with Crippen molar-refractivity contribution in [3.63, 3.8) is 0 Å². The Hall–Kier alpha value is -1.37. The number of aromatic nitrogens is 2. The van der Waals surface area contributed by atoms with Crippen LogP contribution in [0.5, 0.6) is 0 Å². The lowest BCUT2D eigenvalue weighted by Gasteiger charge is -2.21. The van der Waals surface area contributed by atoms with Gasteiger partial charge in [-0.1, -0.05) is 26.0 Å². The van der Waals surface area contributed by atoms with Gasteiger partial charge in [0.2, 0.25) is 0 Å². The second-order valence-corrected chi connectivity index (χ2v) is 8.40. The smallest absolute Gasteiger partial charge is 0.259 e. The average Bonchev–Trinajstić information content (AvgIpc) is 3.19. The van der Waals surface area contributed by atoms with Gasteiger partial charge in [0.05, 0.1) is 5.56 Å². The Morgan fingerprint density at radius 3 is 2.75 bits per heavy atom. The van der Waals surface area contributed by atoms with Gasteiger partial charge in [-0.25, -0.2) is 0 Å². The Labute approximate surface area is 156 Å². The van der Waals surface area contributed by atoms with E-state index in [1.165, 1.54) is 24.0 Å². The number of benzene rings is 1. The third-order valence-corrected chi connectivity index (χ3v) is 6.47.